The largest absolute Gasteiger partial charge is 0.481 e. The number of halogens is 2. The Labute approximate surface area is 159 Å². The maximum absolute atomic E-state index is 12.5. The SMILES string of the molecule is O=C(O)CCCCCN1C(=O)C(=Cc2c(Cl)cccc2Cl)SC1=S. The van der Waals surface area contributed by atoms with Gasteiger partial charge in [-0.15, -0.1) is 0 Å². The molecule has 24 heavy (non-hydrogen) atoms. The maximum Gasteiger partial charge on any atom is 0.303 e. The number of benzene rings is 1. The zero-order valence-electron chi connectivity index (χ0n) is 12.6. The molecule has 4 nitrogen and oxygen atoms in total. The second kappa shape index (κ2) is 8.85. The summed E-state index contributed by atoms with van der Waals surface area (Å²) in [5.74, 6) is -0.973. The quantitative estimate of drug-likeness (QED) is 0.400. The van der Waals surface area contributed by atoms with Gasteiger partial charge in [-0.2, -0.15) is 0 Å². The molecule has 0 unspecified atom stereocenters. The highest BCUT2D eigenvalue weighted by atomic mass is 35.5. The van der Waals surface area contributed by atoms with E-state index >= 15 is 0 Å². The van der Waals surface area contributed by atoms with Crippen LogP contribution in [0.4, 0.5) is 0 Å². The van der Waals surface area contributed by atoms with E-state index in [0.717, 1.165) is 6.42 Å². The summed E-state index contributed by atoms with van der Waals surface area (Å²) in [6.45, 7) is 0.484. The van der Waals surface area contributed by atoms with E-state index in [0.29, 0.717) is 44.2 Å². The van der Waals surface area contributed by atoms with Crippen LogP contribution in [0.5, 0.6) is 0 Å². The Kier molecular flexibility index (Phi) is 7.10. The Balaban J connectivity index is 2.01. The van der Waals surface area contributed by atoms with E-state index in [-0.39, 0.29) is 12.3 Å². The molecular weight excluding hydrogens is 389 g/mol. The average Bonchev–Trinajstić information content (AvgIpc) is 2.77. The maximum atomic E-state index is 12.5. The molecule has 128 valence electrons. The van der Waals surface area contributed by atoms with Crippen molar-refractivity contribution in [3.8, 4) is 0 Å². The number of hydrogen-bond acceptors (Lipinski definition) is 4. The highest BCUT2D eigenvalue weighted by molar-refractivity contribution is 8.26. The molecular formula is C16H15Cl2NO3S2. The number of amides is 1. The molecule has 1 heterocycles. The molecule has 0 atom stereocenters. The zero-order chi connectivity index (χ0) is 17.7. The number of rotatable bonds is 7. The fourth-order valence-corrected chi connectivity index (χ4v) is 3.99. The normalized spacial score (nSPS) is 16.2. The molecule has 1 saturated heterocycles. The number of carbonyl (C=O) groups is 2. The molecule has 1 amide bonds. The topological polar surface area (TPSA) is 57.6 Å². The molecule has 0 radical (unpaired) electrons. The lowest BCUT2D eigenvalue weighted by Crippen LogP contribution is -2.29. The predicted octanol–water partition coefficient (Wildman–Crippen LogP) is 4.84. The molecule has 2 rings (SSSR count). The van der Waals surface area contributed by atoms with Crippen molar-refractivity contribution >= 4 is 69.5 Å². The summed E-state index contributed by atoms with van der Waals surface area (Å²) in [6, 6.07) is 5.16. The summed E-state index contributed by atoms with van der Waals surface area (Å²) in [5.41, 5.74) is 0.600. The second-order valence-electron chi connectivity index (χ2n) is 5.17. The third kappa shape index (κ3) is 4.96. The summed E-state index contributed by atoms with van der Waals surface area (Å²) in [4.78, 5) is 25.0. The minimum absolute atomic E-state index is 0.142. The number of thioether (sulfide) groups is 1. The Bertz CT molecular complexity index is 686. The molecule has 1 aromatic carbocycles. The first-order chi connectivity index (χ1) is 11.4. The van der Waals surface area contributed by atoms with E-state index in [2.05, 4.69) is 0 Å². The van der Waals surface area contributed by atoms with Gasteiger partial charge in [0.1, 0.15) is 4.32 Å². The summed E-state index contributed by atoms with van der Waals surface area (Å²) in [6.07, 6.45) is 3.84. The van der Waals surface area contributed by atoms with Crippen LogP contribution in [0, 0.1) is 0 Å². The standard InChI is InChI=1S/C16H15Cl2NO3S2/c17-11-5-4-6-12(18)10(11)9-13-15(22)19(16(23)24-13)8-3-1-2-7-14(20)21/h4-6,9H,1-3,7-8H2,(H,20,21). The summed E-state index contributed by atoms with van der Waals surface area (Å²) >= 11 is 18.7. The molecule has 0 saturated carbocycles. The van der Waals surface area contributed by atoms with Gasteiger partial charge in [0.05, 0.1) is 4.91 Å². The first kappa shape index (κ1) is 19.2. The van der Waals surface area contributed by atoms with Gasteiger partial charge in [0, 0.05) is 28.6 Å². The number of unbranched alkanes of at least 4 members (excludes halogenated alkanes) is 2. The third-order valence-corrected chi connectivity index (χ3v) is 5.46. The summed E-state index contributed by atoms with van der Waals surface area (Å²) in [5, 5.41) is 9.56. The van der Waals surface area contributed by atoms with Crippen molar-refractivity contribution in [1.82, 2.24) is 4.90 Å². The first-order valence-corrected chi connectivity index (χ1v) is 9.29. The molecule has 1 aliphatic rings. The lowest BCUT2D eigenvalue weighted by atomic mass is 10.2. The van der Waals surface area contributed by atoms with Gasteiger partial charge >= 0.3 is 5.97 Å². The van der Waals surface area contributed by atoms with Crippen LogP contribution in [0.25, 0.3) is 6.08 Å². The fourth-order valence-electron chi connectivity index (χ4n) is 2.20. The summed E-state index contributed by atoms with van der Waals surface area (Å²) in [7, 11) is 0. The number of carbonyl (C=O) groups excluding carboxylic acids is 1. The minimum atomic E-state index is -0.805. The number of hydrogen-bond donors (Lipinski definition) is 1. The van der Waals surface area contributed by atoms with E-state index in [1.54, 1.807) is 24.3 Å². The Morgan fingerprint density at radius 2 is 1.92 bits per heavy atom. The molecule has 8 heteroatoms. The third-order valence-electron chi connectivity index (χ3n) is 3.42. The van der Waals surface area contributed by atoms with Gasteiger partial charge in [0.2, 0.25) is 0 Å². The highest BCUT2D eigenvalue weighted by Gasteiger charge is 2.31. The average molecular weight is 404 g/mol. The second-order valence-corrected chi connectivity index (χ2v) is 7.66. The molecule has 1 fully saturated rings. The zero-order valence-corrected chi connectivity index (χ0v) is 15.8. The van der Waals surface area contributed by atoms with Crippen molar-refractivity contribution in [3.63, 3.8) is 0 Å². The van der Waals surface area contributed by atoms with Crippen LogP contribution in [-0.4, -0.2) is 32.7 Å². The molecule has 1 aliphatic heterocycles. The van der Waals surface area contributed by atoms with Gasteiger partial charge in [0.15, 0.2) is 0 Å². The molecule has 1 N–H and O–H groups in total. The van der Waals surface area contributed by atoms with E-state index in [9.17, 15) is 9.59 Å². The van der Waals surface area contributed by atoms with Gasteiger partial charge in [-0.25, -0.2) is 0 Å². The smallest absolute Gasteiger partial charge is 0.303 e. The summed E-state index contributed by atoms with van der Waals surface area (Å²) < 4.78 is 0.493. The molecule has 1 aromatic rings. The Hall–Kier alpha value is -1.08. The van der Waals surface area contributed by atoms with Crippen molar-refractivity contribution in [2.45, 2.75) is 25.7 Å². The lowest BCUT2D eigenvalue weighted by Gasteiger charge is -2.13. The fraction of sp³-hybridized carbons (Fsp3) is 0.312. The number of nitrogens with zero attached hydrogens (tertiary/aromatic N) is 1. The van der Waals surface area contributed by atoms with Crippen LogP contribution in [0.2, 0.25) is 10.0 Å². The molecule has 0 spiro atoms. The van der Waals surface area contributed by atoms with E-state index in [1.807, 2.05) is 0 Å². The van der Waals surface area contributed by atoms with Crippen molar-refractivity contribution in [2.75, 3.05) is 6.54 Å². The van der Waals surface area contributed by atoms with E-state index < -0.39 is 5.97 Å². The van der Waals surface area contributed by atoms with Crippen LogP contribution in [-0.2, 0) is 9.59 Å². The number of carboxylic acid groups (broad SMARTS) is 1. The van der Waals surface area contributed by atoms with Gasteiger partial charge in [0.25, 0.3) is 5.91 Å². The van der Waals surface area contributed by atoms with Gasteiger partial charge < -0.3 is 5.11 Å². The van der Waals surface area contributed by atoms with Crippen molar-refractivity contribution in [2.24, 2.45) is 0 Å². The molecule has 0 bridgehead atoms. The highest BCUT2D eigenvalue weighted by Crippen LogP contribution is 2.35. The number of thiocarbonyl (C=S) groups is 1. The monoisotopic (exact) mass is 403 g/mol. The van der Waals surface area contributed by atoms with Crippen molar-refractivity contribution in [1.29, 1.82) is 0 Å². The lowest BCUT2D eigenvalue weighted by molar-refractivity contribution is -0.137. The van der Waals surface area contributed by atoms with Crippen molar-refractivity contribution < 1.29 is 14.7 Å². The van der Waals surface area contributed by atoms with E-state index in [4.69, 9.17) is 40.5 Å². The number of aliphatic carboxylic acids is 1. The van der Waals surface area contributed by atoms with Gasteiger partial charge in [-0.05, 0) is 31.1 Å². The van der Waals surface area contributed by atoms with Gasteiger partial charge in [-0.1, -0.05) is 59.7 Å². The number of carboxylic acids is 1. The minimum Gasteiger partial charge on any atom is -0.481 e. The van der Waals surface area contributed by atoms with Crippen LogP contribution in [0.1, 0.15) is 31.2 Å². The molecule has 0 aromatic heterocycles. The predicted molar refractivity (Wildman–Crippen MR) is 102 cm³/mol. The van der Waals surface area contributed by atoms with Crippen LogP contribution in [0.15, 0.2) is 23.1 Å². The van der Waals surface area contributed by atoms with Crippen molar-refractivity contribution in [3.05, 3.63) is 38.7 Å². The Morgan fingerprint density at radius 1 is 1.25 bits per heavy atom. The Morgan fingerprint density at radius 3 is 2.54 bits per heavy atom. The van der Waals surface area contributed by atoms with Crippen LogP contribution >= 0.6 is 47.2 Å². The van der Waals surface area contributed by atoms with Gasteiger partial charge in [-0.3, -0.25) is 14.5 Å². The van der Waals surface area contributed by atoms with E-state index in [1.165, 1.54) is 16.7 Å². The van der Waals surface area contributed by atoms with Crippen LogP contribution in [0.3, 0.4) is 0 Å². The molecule has 0 aliphatic carbocycles. The first-order valence-electron chi connectivity index (χ1n) is 7.31. The van der Waals surface area contributed by atoms with Crippen LogP contribution < -0.4 is 0 Å².